The molecule has 162 valence electrons. The molecular weight excluding hydrogens is 392 g/mol. The quantitative estimate of drug-likeness (QED) is 0.752. The first-order chi connectivity index (χ1) is 14.8. The number of carboxylic acids is 1. The monoisotopic (exact) mass is 420 g/mol. The van der Waals surface area contributed by atoms with Gasteiger partial charge in [0.15, 0.2) is 0 Å². The summed E-state index contributed by atoms with van der Waals surface area (Å²) in [6, 6.07) is 13.6. The molecule has 2 amide bonds. The number of hydrogen-bond acceptors (Lipinski definition) is 3. The first kappa shape index (κ1) is 21.1. The lowest BCUT2D eigenvalue weighted by Gasteiger charge is -2.41. The minimum atomic E-state index is -1.03. The number of carbonyl (C=O) groups is 3. The van der Waals surface area contributed by atoms with Gasteiger partial charge in [0.1, 0.15) is 12.1 Å². The molecule has 2 N–H and O–H groups in total. The van der Waals surface area contributed by atoms with Crippen molar-refractivity contribution in [1.29, 1.82) is 0 Å². The van der Waals surface area contributed by atoms with E-state index in [-0.39, 0.29) is 35.8 Å². The number of aromatic carboxylic acids is 1. The molecule has 2 unspecified atom stereocenters. The SMILES string of the molecule is CC(C)CC1C(=O)NC(C2Cc3ccccc3C2)C(=O)N1Cc1ccccc1C(=O)O. The summed E-state index contributed by atoms with van der Waals surface area (Å²) in [4.78, 5) is 40.1. The minimum Gasteiger partial charge on any atom is -0.478 e. The number of nitrogens with zero attached hydrogens (tertiary/aromatic N) is 1. The number of amides is 2. The van der Waals surface area contributed by atoms with E-state index >= 15 is 0 Å². The lowest BCUT2D eigenvalue weighted by Crippen LogP contribution is -2.65. The van der Waals surface area contributed by atoms with Crippen LogP contribution in [-0.4, -0.2) is 39.9 Å². The molecule has 31 heavy (non-hydrogen) atoms. The summed E-state index contributed by atoms with van der Waals surface area (Å²) in [6.45, 7) is 4.14. The summed E-state index contributed by atoms with van der Waals surface area (Å²) < 4.78 is 0. The molecule has 0 radical (unpaired) electrons. The molecule has 2 aromatic rings. The summed E-state index contributed by atoms with van der Waals surface area (Å²) in [5.74, 6) is -1.09. The molecule has 4 rings (SSSR count). The molecule has 2 aliphatic rings. The zero-order chi connectivity index (χ0) is 22.1. The summed E-state index contributed by atoms with van der Waals surface area (Å²) in [7, 11) is 0. The lowest BCUT2D eigenvalue weighted by atomic mass is 9.89. The van der Waals surface area contributed by atoms with Crippen molar-refractivity contribution < 1.29 is 19.5 Å². The standard InChI is InChI=1S/C25H28N2O4/c1-15(2)11-21-23(28)26-22(19-12-16-7-3-4-8-17(16)13-19)24(29)27(21)14-18-9-5-6-10-20(18)25(30)31/h3-10,15,19,21-22H,11-14H2,1-2H3,(H,26,28)(H,30,31). The van der Waals surface area contributed by atoms with Gasteiger partial charge in [-0.15, -0.1) is 0 Å². The molecule has 0 bridgehead atoms. The van der Waals surface area contributed by atoms with E-state index in [0.29, 0.717) is 12.0 Å². The Labute approximate surface area is 182 Å². The Morgan fingerprint density at radius 1 is 1.06 bits per heavy atom. The zero-order valence-electron chi connectivity index (χ0n) is 17.9. The predicted molar refractivity (Wildman–Crippen MR) is 116 cm³/mol. The predicted octanol–water partition coefficient (Wildman–Crippen LogP) is 3.04. The van der Waals surface area contributed by atoms with Gasteiger partial charge in [0.2, 0.25) is 11.8 Å². The summed E-state index contributed by atoms with van der Waals surface area (Å²) in [6.07, 6.45) is 2.03. The van der Waals surface area contributed by atoms with E-state index in [1.807, 2.05) is 26.0 Å². The van der Waals surface area contributed by atoms with Crippen LogP contribution in [0.4, 0.5) is 0 Å². The molecule has 0 saturated carbocycles. The van der Waals surface area contributed by atoms with Gasteiger partial charge in [-0.2, -0.15) is 0 Å². The van der Waals surface area contributed by atoms with Gasteiger partial charge >= 0.3 is 5.97 Å². The first-order valence-electron chi connectivity index (χ1n) is 10.8. The average molecular weight is 421 g/mol. The van der Waals surface area contributed by atoms with E-state index < -0.39 is 18.1 Å². The number of fused-ring (bicyclic) bond motifs is 1. The van der Waals surface area contributed by atoms with Gasteiger partial charge in [0, 0.05) is 6.54 Å². The van der Waals surface area contributed by atoms with Crippen LogP contribution in [0.2, 0.25) is 0 Å². The second-order valence-electron chi connectivity index (χ2n) is 9.00. The van der Waals surface area contributed by atoms with Crippen LogP contribution in [0.5, 0.6) is 0 Å². The van der Waals surface area contributed by atoms with Gasteiger partial charge in [-0.05, 0) is 53.9 Å². The summed E-state index contributed by atoms with van der Waals surface area (Å²) in [5, 5.41) is 12.6. The van der Waals surface area contributed by atoms with E-state index in [0.717, 1.165) is 12.8 Å². The maximum Gasteiger partial charge on any atom is 0.336 e. The zero-order valence-corrected chi connectivity index (χ0v) is 17.9. The second-order valence-corrected chi connectivity index (χ2v) is 9.00. The Balaban J connectivity index is 1.64. The summed E-state index contributed by atoms with van der Waals surface area (Å²) in [5.41, 5.74) is 3.15. The lowest BCUT2D eigenvalue weighted by molar-refractivity contribution is -0.152. The Morgan fingerprint density at radius 2 is 1.68 bits per heavy atom. The molecule has 1 saturated heterocycles. The fourth-order valence-electron chi connectivity index (χ4n) is 4.85. The Morgan fingerprint density at radius 3 is 2.29 bits per heavy atom. The fraction of sp³-hybridized carbons (Fsp3) is 0.400. The molecule has 1 aliphatic carbocycles. The van der Waals surface area contributed by atoms with Crippen molar-refractivity contribution in [3.8, 4) is 0 Å². The Hall–Kier alpha value is -3.15. The average Bonchev–Trinajstić information content (AvgIpc) is 3.17. The van der Waals surface area contributed by atoms with Crippen LogP contribution in [0.15, 0.2) is 48.5 Å². The highest BCUT2D eigenvalue weighted by molar-refractivity contribution is 5.97. The molecule has 6 heteroatoms. The number of benzene rings is 2. The van der Waals surface area contributed by atoms with Gasteiger partial charge in [-0.1, -0.05) is 56.3 Å². The van der Waals surface area contributed by atoms with Crippen molar-refractivity contribution in [3.63, 3.8) is 0 Å². The highest BCUT2D eigenvalue weighted by Gasteiger charge is 2.45. The second kappa shape index (κ2) is 8.53. The molecule has 1 aliphatic heterocycles. The number of hydrogen-bond donors (Lipinski definition) is 2. The molecular formula is C25H28N2O4. The third-order valence-corrected chi connectivity index (χ3v) is 6.36. The van der Waals surface area contributed by atoms with Gasteiger partial charge in [-0.25, -0.2) is 4.79 Å². The van der Waals surface area contributed by atoms with Crippen LogP contribution < -0.4 is 5.32 Å². The minimum absolute atomic E-state index is 0.00562. The number of nitrogens with one attached hydrogen (secondary N) is 1. The van der Waals surface area contributed by atoms with Crippen molar-refractivity contribution in [1.82, 2.24) is 10.2 Å². The smallest absolute Gasteiger partial charge is 0.336 e. The van der Waals surface area contributed by atoms with E-state index in [2.05, 4.69) is 17.4 Å². The van der Waals surface area contributed by atoms with Crippen molar-refractivity contribution >= 4 is 17.8 Å². The van der Waals surface area contributed by atoms with Crippen molar-refractivity contribution in [3.05, 3.63) is 70.8 Å². The number of carbonyl (C=O) groups excluding carboxylic acids is 2. The maximum atomic E-state index is 13.7. The van der Waals surface area contributed by atoms with Crippen LogP contribution in [0, 0.1) is 11.8 Å². The van der Waals surface area contributed by atoms with Gasteiger partial charge in [0.05, 0.1) is 5.56 Å². The van der Waals surface area contributed by atoms with Crippen LogP contribution in [0.3, 0.4) is 0 Å². The summed E-state index contributed by atoms with van der Waals surface area (Å²) >= 11 is 0. The van der Waals surface area contributed by atoms with E-state index in [1.54, 1.807) is 23.1 Å². The highest BCUT2D eigenvalue weighted by atomic mass is 16.4. The van der Waals surface area contributed by atoms with Crippen LogP contribution in [0.1, 0.15) is 47.3 Å². The molecule has 1 fully saturated rings. The van der Waals surface area contributed by atoms with E-state index in [1.165, 1.54) is 17.2 Å². The fourth-order valence-corrected chi connectivity index (χ4v) is 4.85. The normalized spacial score (nSPS) is 21.3. The molecule has 1 heterocycles. The highest BCUT2D eigenvalue weighted by Crippen LogP contribution is 2.32. The van der Waals surface area contributed by atoms with Gasteiger partial charge in [-0.3, -0.25) is 9.59 Å². The van der Waals surface area contributed by atoms with Gasteiger partial charge < -0.3 is 15.3 Å². The van der Waals surface area contributed by atoms with Crippen molar-refractivity contribution in [2.45, 2.75) is 51.7 Å². The maximum absolute atomic E-state index is 13.7. The van der Waals surface area contributed by atoms with Crippen LogP contribution >= 0.6 is 0 Å². The van der Waals surface area contributed by atoms with Crippen molar-refractivity contribution in [2.24, 2.45) is 11.8 Å². The molecule has 0 spiro atoms. The van der Waals surface area contributed by atoms with E-state index in [4.69, 9.17) is 0 Å². The van der Waals surface area contributed by atoms with E-state index in [9.17, 15) is 19.5 Å². The van der Waals surface area contributed by atoms with Crippen LogP contribution in [-0.2, 0) is 29.0 Å². The van der Waals surface area contributed by atoms with Gasteiger partial charge in [0.25, 0.3) is 0 Å². The van der Waals surface area contributed by atoms with Crippen LogP contribution in [0.25, 0.3) is 0 Å². The Bertz CT molecular complexity index is 991. The largest absolute Gasteiger partial charge is 0.478 e. The third kappa shape index (κ3) is 4.20. The number of carboxylic acid groups (broad SMARTS) is 1. The molecule has 2 aromatic carbocycles. The molecule has 6 nitrogen and oxygen atoms in total. The topological polar surface area (TPSA) is 86.7 Å². The first-order valence-corrected chi connectivity index (χ1v) is 10.8. The number of rotatable bonds is 6. The molecule has 2 atom stereocenters. The number of piperazine rings is 1. The molecule has 0 aromatic heterocycles. The Kier molecular flexibility index (Phi) is 5.81. The van der Waals surface area contributed by atoms with Crippen molar-refractivity contribution in [2.75, 3.05) is 0 Å². The third-order valence-electron chi connectivity index (χ3n) is 6.36.